The highest BCUT2D eigenvalue weighted by Crippen LogP contribution is 2.48. The van der Waals surface area contributed by atoms with Gasteiger partial charge in [0.05, 0.1) is 0 Å². The molecule has 19 heavy (non-hydrogen) atoms. The summed E-state index contributed by atoms with van der Waals surface area (Å²) in [6, 6.07) is 1.47. The summed E-state index contributed by atoms with van der Waals surface area (Å²) in [5.41, 5.74) is 0. The van der Waals surface area contributed by atoms with E-state index >= 15 is 0 Å². The monoisotopic (exact) mass is 264 g/mol. The highest BCUT2D eigenvalue weighted by molar-refractivity contribution is 4.93. The molecule has 3 rings (SSSR count). The molecule has 2 saturated carbocycles. The molecule has 2 heteroatoms. The maximum absolute atomic E-state index is 3.66. The molecule has 2 nitrogen and oxygen atoms in total. The summed E-state index contributed by atoms with van der Waals surface area (Å²) in [5, 5.41) is 3.66. The van der Waals surface area contributed by atoms with Crippen LogP contribution in [0.5, 0.6) is 0 Å². The van der Waals surface area contributed by atoms with Crippen molar-refractivity contribution in [3.05, 3.63) is 0 Å². The van der Waals surface area contributed by atoms with Gasteiger partial charge < -0.3 is 5.32 Å². The van der Waals surface area contributed by atoms with Gasteiger partial charge in [0.25, 0.3) is 0 Å². The third kappa shape index (κ3) is 3.00. The van der Waals surface area contributed by atoms with E-state index in [-0.39, 0.29) is 0 Å². The molecule has 3 fully saturated rings. The van der Waals surface area contributed by atoms with Crippen LogP contribution in [0.2, 0.25) is 0 Å². The van der Waals surface area contributed by atoms with Gasteiger partial charge in [0.1, 0.15) is 0 Å². The molecule has 1 saturated heterocycles. The van der Waals surface area contributed by atoms with E-state index in [0.717, 1.165) is 30.3 Å². The molecule has 3 aliphatic rings. The van der Waals surface area contributed by atoms with E-state index in [9.17, 15) is 0 Å². The molecule has 1 N–H and O–H groups in total. The first-order valence-electron chi connectivity index (χ1n) is 8.75. The van der Waals surface area contributed by atoms with Gasteiger partial charge in [-0.25, -0.2) is 0 Å². The Labute approximate surface area is 119 Å². The normalized spacial score (nSPS) is 40.7. The minimum atomic E-state index is 0.670. The number of nitrogens with one attached hydrogen (secondary N) is 1. The van der Waals surface area contributed by atoms with Crippen LogP contribution in [0.4, 0.5) is 0 Å². The predicted molar refractivity (Wildman–Crippen MR) is 81.3 cm³/mol. The van der Waals surface area contributed by atoms with E-state index in [2.05, 4.69) is 24.1 Å². The van der Waals surface area contributed by atoms with E-state index in [4.69, 9.17) is 0 Å². The third-order valence-electron chi connectivity index (χ3n) is 6.12. The van der Waals surface area contributed by atoms with Gasteiger partial charge in [-0.1, -0.05) is 19.8 Å². The lowest BCUT2D eigenvalue weighted by Crippen LogP contribution is -2.52. The number of nitrogens with zero attached hydrogens (tertiary/aromatic N) is 1. The van der Waals surface area contributed by atoms with Crippen molar-refractivity contribution >= 4 is 0 Å². The molecule has 1 heterocycles. The average Bonchev–Trinajstić information content (AvgIpc) is 3.02. The lowest BCUT2D eigenvalue weighted by molar-refractivity contribution is 0.0870. The first kappa shape index (κ1) is 13.9. The van der Waals surface area contributed by atoms with E-state index in [0.29, 0.717) is 6.04 Å². The Bertz CT molecular complexity index is 291. The van der Waals surface area contributed by atoms with E-state index < -0.39 is 0 Å². The minimum Gasteiger partial charge on any atom is -0.313 e. The molecule has 0 radical (unpaired) electrons. The second-order valence-electron chi connectivity index (χ2n) is 7.34. The number of likely N-dealkylation sites (tertiary alicyclic amines) is 1. The smallest absolute Gasteiger partial charge is 0.0246 e. The molecular formula is C17H32N2. The average molecular weight is 264 g/mol. The van der Waals surface area contributed by atoms with Crippen molar-refractivity contribution in [3.8, 4) is 0 Å². The summed E-state index contributed by atoms with van der Waals surface area (Å²) in [4.78, 5) is 2.85. The van der Waals surface area contributed by atoms with Crippen LogP contribution in [-0.4, -0.2) is 36.6 Å². The number of likely N-dealkylation sites (N-methyl/N-ethyl adjacent to an activating group) is 1. The van der Waals surface area contributed by atoms with Crippen LogP contribution in [0, 0.1) is 17.8 Å². The maximum atomic E-state index is 3.66. The summed E-state index contributed by atoms with van der Waals surface area (Å²) >= 11 is 0. The van der Waals surface area contributed by atoms with Gasteiger partial charge in [-0.05, 0) is 69.9 Å². The van der Waals surface area contributed by atoms with Gasteiger partial charge in [0, 0.05) is 18.6 Å². The Kier molecular flexibility index (Phi) is 4.48. The lowest BCUT2D eigenvalue weighted by Gasteiger charge is -2.42. The number of piperidine rings is 1. The molecule has 5 atom stereocenters. The molecule has 110 valence electrons. The Morgan fingerprint density at radius 3 is 2.74 bits per heavy atom. The Morgan fingerprint density at radius 1 is 1.16 bits per heavy atom. The highest BCUT2D eigenvalue weighted by Gasteiger charge is 2.41. The Balaban J connectivity index is 1.57. The van der Waals surface area contributed by atoms with Crippen LogP contribution >= 0.6 is 0 Å². The van der Waals surface area contributed by atoms with Crippen molar-refractivity contribution in [2.24, 2.45) is 17.8 Å². The van der Waals surface area contributed by atoms with E-state index in [1.54, 1.807) is 19.3 Å². The number of hydrogen-bond donors (Lipinski definition) is 1. The van der Waals surface area contributed by atoms with Crippen LogP contribution in [0.3, 0.4) is 0 Å². The van der Waals surface area contributed by atoms with Crippen molar-refractivity contribution in [3.63, 3.8) is 0 Å². The molecule has 5 unspecified atom stereocenters. The van der Waals surface area contributed by atoms with Crippen molar-refractivity contribution in [2.75, 3.05) is 19.6 Å². The van der Waals surface area contributed by atoms with Gasteiger partial charge in [-0.15, -0.1) is 0 Å². The minimum absolute atomic E-state index is 0.670. The summed E-state index contributed by atoms with van der Waals surface area (Å²) in [5.74, 6) is 3.22. The van der Waals surface area contributed by atoms with Crippen molar-refractivity contribution in [1.29, 1.82) is 0 Å². The second-order valence-corrected chi connectivity index (χ2v) is 7.34. The summed E-state index contributed by atoms with van der Waals surface area (Å²) in [6.45, 7) is 8.50. The topological polar surface area (TPSA) is 15.3 Å². The fourth-order valence-corrected chi connectivity index (χ4v) is 5.17. The van der Waals surface area contributed by atoms with Crippen LogP contribution in [0.25, 0.3) is 0 Å². The van der Waals surface area contributed by atoms with Gasteiger partial charge in [0.2, 0.25) is 0 Å². The molecule has 1 aliphatic heterocycles. The standard InChI is InChI=1S/C17H32N2/c1-3-18-13(2)17-6-4-5-9-19(17)12-16-11-14-7-8-15(16)10-14/h13-18H,3-12H2,1-2H3. The quantitative estimate of drug-likeness (QED) is 0.820. The third-order valence-corrected chi connectivity index (χ3v) is 6.12. The Hall–Kier alpha value is -0.0800. The van der Waals surface area contributed by atoms with Gasteiger partial charge >= 0.3 is 0 Å². The fourth-order valence-electron chi connectivity index (χ4n) is 5.17. The van der Waals surface area contributed by atoms with Gasteiger partial charge in [0.15, 0.2) is 0 Å². The zero-order chi connectivity index (χ0) is 13.2. The molecular weight excluding hydrogens is 232 g/mol. The molecule has 0 aromatic carbocycles. The highest BCUT2D eigenvalue weighted by atomic mass is 15.2. The van der Waals surface area contributed by atoms with Crippen LogP contribution in [-0.2, 0) is 0 Å². The fraction of sp³-hybridized carbons (Fsp3) is 1.00. The molecule has 2 bridgehead atoms. The maximum Gasteiger partial charge on any atom is 0.0246 e. The molecule has 0 spiro atoms. The van der Waals surface area contributed by atoms with Crippen molar-refractivity contribution in [1.82, 2.24) is 10.2 Å². The SMILES string of the molecule is CCNC(C)C1CCCCN1CC1CC2CCC1C2. The zero-order valence-electron chi connectivity index (χ0n) is 12.9. The van der Waals surface area contributed by atoms with Crippen LogP contribution in [0.15, 0.2) is 0 Å². The number of rotatable bonds is 5. The first-order valence-corrected chi connectivity index (χ1v) is 8.75. The molecule has 2 aliphatic carbocycles. The zero-order valence-corrected chi connectivity index (χ0v) is 12.9. The molecule has 0 aromatic heterocycles. The number of fused-ring (bicyclic) bond motifs is 2. The Morgan fingerprint density at radius 2 is 2.05 bits per heavy atom. The van der Waals surface area contributed by atoms with Gasteiger partial charge in [-0.2, -0.15) is 0 Å². The summed E-state index contributed by atoms with van der Waals surface area (Å²) in [6.07, 6.45) is 10.5. The lowest BCUT2D eigenvalue weighted by atomic mass is 9.86. The molecule has 0 aromatic rings. The first-order chi connectivity index (χ1) is 9.28. The van der Waals surface area contributed by atoms with Crippen LogP contribution < -0.4 is 5.32 Å². The summed E-state index contributed by atoms with van der Waals surface area (Å²) < 4.78 is 0. The van der Waals surface area contributed by atoms with Crippen molar-refractivity contribution < 1.29 is 0 Å². The molecule has 0 amide bonds. The van der Waals surface area contributed by atoms with Gasteiger partial charge in [-0.3, -0.25) is 4.90 Å². The summed E-state index contributed by atoms with van der Waals surface area (Å²) in [7, 11) is 0. The predicted octanol–water partition coefficient (Wildman–Crippen LogP) is 3.28. The van der Waals surface area contributed by atoms with Crippen LogP contribution in [0.1, 0.15) is 58.8 Å². The number of hydrogen-bond acceptors (Lipinski definition) is 2. The van der Waals surface area contributed by atoms with E-state index in [1.807, 2.05) is 0 Å². The van der Waals surface area contributed by atoms with Crippen molar-refractivity contribution in [2.45, 2.75) is 70.9 Å². The van der Waals surface area contributed by atoms with E-state index in [1.165, 1.54) is 38.8 Å². The second kappa shape index (κ2) is 6.13. The largest absolute Gasteiger partial charge is 0.313 e.